The van der Waals surface area contributed by atoms with Gasteiger partial charge >= 0.3 is 0 Å². The maximum absolute atomic E-state index is 14.9. The summed E-state index contributed by atoms with van der Waals surface area (Å²) in [7, 11) is 0. The number of nitrogen functional groups attached to an aromatic ring is 1. The number of nitrogens with zero attached hydrogens (tertiary/aromatic N) is 4. The van der Waals surface area contributed by atoms with Crippen LogP contribution in [0.25, 0.3) is 21.9 Å². The molecule has 1 aromatic carbocycles. The highest BCUT2D eigenvalue weighted by molar-refractivity contribution is 6.34. The fourth-order valence-electron chi connectivity index (χ4n) is 5.08. The van der Waals surface area contributed by atoms with Gasteiger partial charge in [0.2, 0.25) is 0 Å². The zero-order chi connectivity index (χ0) is 24.5. The van der Waals surface area contributed by atoms with Gasteiger partial charge in [0.05, 0.1) is 22.0 Å². The van der Waals surface area contributed by atoms with Crippen LogP contribution in [0.2, 0.25) is 10.2 Å². The van der Waals surface area contributed by atoms with Crippen LogP contribution < -0.4 is 5.73 Å². The van der Waals surface area contributed by atoms with Crippen molar-refractivity contribution in [3.05, 3.63) is 70.0 Å². The van der Waals surface area contributed by atoms with Crippen molar-refractivity contribution in [2.45, 2.75) is 50.7 Å². The predicted molar refractivity (Wildman–Crippen MR) is 133 cm³/mol. The Balaban J connectivity index is 1.33. The van der Waals surface area contributed by atoms with Crippen molar-refractivity contribution in [1.82, 2.24) is 19.5 Å². The Labute approximate surface area is 210 Å². The van der Waals surface area contributed by atoms with Crippen LogP contribution in [0.15, 0.2) is 48.4 Å². The van der Waals surface area contributed by atoms with Crippen molar-refractivity contribution in [3.63, 3.8) is 0 Å². The minimum absolute atomic E-state index is 0.148. The summed E-state index contributed by atoms with van der Waals surface area (Å²) >= 11 is 12.3. The first-order valence-electron chi connectivity index (χ1n) is 11.3. The summed E-state index contributed by atoms with van der Waals surface area (Å²) in [6.45, 7) is 3.80. The van der Waals surface area contributed by atoms with Crippen LogP contribution in [0.3, 0.4) is 0 Å². The monoisotopic (exact) mass is 513 g/mol. The maximum atomic E-state index is 14.9. The molecule has 0 amide bonds. The maximum Gasteiger partial charge on any atom is 0.164 e. The van der Waals surface area contributed by atoms with Crippen molar-refractivity contribution in [2.24, 2.45) is 0 Å². The highest BCUT2D eigenvalue weighted by Gasteiger charge is 2.50. The number of ether oxygens (including phenoxy) is 2. The van der Waals surface area contributed by atoms with Crippen molar-refractivity contribution in [2.75, 3.05) is 5.73 Å². The molecule has 1 aliphatic heterocycles. The molecule has 1 fully saturated rings. The lowest BCUT2D eigenvalue weighted by Crippen LogP contribution is -2.27. The molecule has 4 aromatic rings. The van der Waals surface area contributed by atoms with Gasteiger partial charge in [-0.1, -0.05) is 29.3 Å². The third-order valence-electron chi connectivity index (χ3n) is 6.64. The molecule has 3 aromatic heterocycles. The van der Waals surface area contributed by atoms with Crippen LogP contribution in [-0.4, -0.2) is 37.5 Å². The average molecular weight is 514 g/mol. The largest absolute Gasteiger partial charge is 0.382 e. The first kappa shape index (κ1) is 22.7. The van der Waals surface area contributed by atoms with Crippen LogP contribution >= 0.6 is 23.2 Å². The van der Waals surface area contributed by atoms with Gasteiger partial charge in [-0.05, 0) is 62.1 Å². The van der Waals surface area contributed by atoms with Crippen LogP contribution in [-0.2, 0) is 15.9 Å². The summed E-state index contributed by atoms with van der Waals surface area (Å²) in [5.41, 5.74) is 8.78. The second-order valence-corrected chi connectivity index (χ2v) is 10.1. The summed E-state index contributed by atoms with van der Waals surface area (Å²) in [6, 6.07) is 6.56. The van der Waals surface area contributed by atoms with E-state index in [9.17, 15) is 4.39 Å². The lowest BCUT2D eigenvalue weighted by Gasteiger charge is -2.22. The molecule has 0 radical (unpaired) electrons. The van der Waals surface area contributed by atoms with E-state index in [-0.39, 0.29) is 29.9 Å². The van der Waals surface area contributed by atoms with Crippen LogP contribution in [0.5, 0.6) is 0 Å². The Bertz CT molecular complexity index is 1520. The predicted octanol–water partition coefficient (Wildman–Crippen LogP) is 5.64. The smallest absolute Gasteiger partial charge is 0.164 e. The number of benzene rings is 1. The fraction of sp³-hybridized carbons (Fsp3) is 0.320. The summed E-state index contributed by atoms with van der Waals surface area (Å²) < 4.78 is 29.5. The highest BCUT2D eigenvalue weighted by Crippen LogP contribution is 2.45. The van der Waals surface area contributed by atoms with E-state index >= 15 is 0 Å². The lowest BCUT2D eigenvalue weighted by atomic mass is 10.0. The molecule has 1 saturated heterocycles. The molecule has 2 N–H and O–H groups in total. The molecule has 180 valence electrons. The number of hydrogen-bond donors (Lipinski definition) is 1. The van der Waals surface area contributed by atoms with E-state index in [1.807, 2.05) is 30.7 Å². The molecule has 35 heavy (non-hydrogen) atoms. The van der Waals surface area contributed by atoms with E-state index in [1.54, 1.807) is 12.1 Å². The Morgan fingerprint density at radius 1 is 1.14 bits per heavy atom. The Kier molecular flexibility index (Phi) is 5.27. The number of hydrogen-bond acceptors (Lipinski definition) is 6. The highest BCUT2D eigenvalue weighted by atomic mass is 35.5. The van der Waals surface area contributed by atoms with E-state index in [2.05, 4.69) is 21.0 Å². The minimum Gasteiger partial charge on any atom is -0.382 e. The van der Waals surface area contributed by atoms with Crippen molar-refractivity contribution in [3.8, 4) is 0 Å². The second-order valence-electron chi connectivity index (χ2n) is 9.37. The first-order chi connectivity index (χ1) is 16.7. The van der Waals surface area contributed by atoms with Gasteiger partial charge in [-0.3, -0.25) is 0 Å². The molecule has 10 heteroatoms. The standard InChI is InChI=1S/C25H22Cl2FN5O2/c1-25(2)34-20-13(4-3-12-9-18-14(8-17(12)28)7-16(26)23(29)32-18)10-19(21(20)35-25)33-6-5-15-22(27)30-11-31-24(15)33/h5-11,19-21H,3-4H2,1-2H3,(H2,29,32)/t19-,20-,21+/m1/s1. The molecular weight excluding hydrogens is 492 g/mol. The number of rotatable bonds is 4. The quantitative estimate of drug-likeness (QED) is 0.280. The summed E-state index contributed by atoms with van der Waals surface area (Å²) in [4.78, 5) is 12.8. The van der Waals surface area contributed by atoms with Crippen LogP contribution in [0, 0.1) is 5.82 Å². The topological polar surface area (TPSA) is 88.1 Å². The second kappa shape index (κ2) is 8.13. The number of fused-ring (bicyclic) bond motifs is 3. The van der Waals surface area contributed by atoms with Crippen molar-refractivity contribution >= 4 is 51.0 Å². The Hall–Kier alpha value is -2.78. The van der Waals surface area contributed by atoms with E-state index < -0.39 is 5.79 Å². The number of aryl methyl sites for hydroxylation is 1. The van der Waals surface area contributed by atoms with Gasteiger partial charge < -0.3 is 19.8 Å². The summed E-state index contributed by atoms with van der Waals surface area (Å²) in [5.74, 6) is -0.821. The SMILES string of the molecule is CC1(C)O[C@@H]2[C@H](O1)C(CCc1cc3nc(N)c(Cl)cc3cc1F)=C[C@H]2n1ccc2c(Cl)ncnc21. The van der Waals surface area contributed by atoms with Gasteiger partial charge in [0, 0.05) is 11.6 Å². The lowest BCUT2D eigenvalue weighted by molar-refractivity contribution is -0.147. The number of aromatic nitrogens is 4. The molecule has 0 bridgehead atoms. The number of anilines is 1. The molecule has 7 nitrogen and oxygen atoms in total. The zero-order valence-corrected chi connectivity index (χ0v) is 20.5. The number of pyridine rings is 1. The number of nitrogens with two attached hydrogens (primary N) is 1. The number of halogens is 3. The minimum atomic E-state index is -0.738. The molecule has 6 rings (SSSR count). The van der Waals surface area contributed by atoms with E-state index in [4.69, 9.17) is 38.4 Å². The van der Waals surface area contributed by atoms with E-state index in [1.165, 1.54) is 12.4 Å². The van der Waals surface area contributed by atoms with Gasteiger partial charge in [0.15, 0.2) is 5.79 Å². The van der Waals surface area contributed by atoms with E-state index in [0.717, 1.165) is 16.6 Å². The van der Waals surface area contributed by atoms with Gasteiger partial charge in [-0.2, -0.15) is 0 Å². The molecule has 0 unspecified atom stereocenters. The molecule has 1 aliphatic carbocycles. The van der Waals surface area contributed by atoms with Gasteiger partial charge in [0.25, 0.3) is 0 Å². The van der Waals surface area contributed by atoms with Crippen LogP contribution in [0.4, 0.5) is 10.2 Å². The normalized spacial score (nSPS) is 23.2. The van der Waals surface area contributed by atoms with Crippen molar-refractivity contribution < 1.29 is 13.9 Å². The zero-order valence-electron chi connectivity index (χ0n) is 19.0. The third-order valence-corrected chi connectivity index (χ3v) is 7.25. The van der Waals surface area contributed by atoms with Crippen molar-refractivity contribution in [1.29, 1.82) is 0 Å². The molecule has 0 spiro atoms. The molecular formula is C25H22Cl2FN5O2. The average Bonchev–Trinajstić information content (AvgIpc) is 3.45. The molecule has 0 saturated carbocycles. The van der Waals surface area contributed by atoms with E-state index in [0.29, 0.717) is 39.5 Å². The molecule has 3 atom stereocenters. The van der Waals surface area contributed by atoms with Gasteiger partial charge in [-0.15, -0.1) is 0 Å². The van der Waals surface area contributed by atoms with Crippen LogP contribution in [0.1, 0.15) is 31.9 Å². The summed E-state index contributed by atoms with van der Waals surface area (Å²) in [5, 5.41) is 2.09. The third kappa shape index (κ3) is 3.85. The fourth-order valence-corrected chi connectivity index (χ4v) is 5.43. The molecule has 4 heterocycles. The van der Waals surface area contributed by atoms with Gasteiger partial charge in [0.1, 0.15) is 41.0 Å². The Morgan fingerprint density at radius 3 is 2.80 bits per heavy atom. The molecule has 2 aliphatic rings. The van der Waals surface area contributed by atoms with Gasteiger partial charge in [-0.25, -0.2) is 19.3 Å². The Morgan fingerprint density at radius 2 is 1.97 bits per heavy atom. The first-order valence-corrected chi connectivity index (χ1v) is 12.0. The summed E-state index contributed by atoms with van der Waals surface area (Å²) in [6.07, 6.45) is 6.09.